The zero-order chi connectivity index (χ0) is 16.9. The lowest BCUT2D eigenvalue weighted by molar-refractivity contribution is 0.0697. The molecule has 2 N–H and O–H groups in total. The van der Waals surface area contributed by atoms with Gasteiger partial charge in [-0.3, -0.25) is 4.98 Å². The van der Waals surface area contributed by atoms with Crippen LogP contribution >= 0.6 is 0 Å². The van der Waals surface area contributed by atoms with Gasteiger partial charge < -0.3 is 15.2 Å². The molecule has 1 heterocycles. The predicted molar refractivity (Wildman–Crippen MR) is 90.7 cm³/mol. The van der Waals surface area contributed by atoms with Crippen LogP contribution in [-0.2, 0) is 0 Å². The molecule has 0 amide bonds. The highest BCUT2D eigenvalue weighted by Gasteiger charge is 2.04. The molecule has 0 aliphatic rings. The van der Waals surface area contributed by atoms with Crippen LogP contribution in [0.3, 0.4) is 0 Å². The van der Waals surface area contributed by atoms with Crippen LogP contribution in [0.4, 0.5) is 11.5 Å². The Morgan fingerprint density at radius 1 is 1.00 bits per heavy atom. The molecule has 0 aliphatic carbocycles. The number of methoxy groups -OCH3 is 1. The molecule has 0 unspecified atom stereocenters. The van der Waals surface area contributed by atoms with E-state index in [2.05, 4.69) is 15.3 Å². The summed E-state index contributed by atoms with van der Waals surface area (Å²) in [7, 11) is 1.62. The molecule has 0 aliphatic heterocycles. The van der Waals surface area contributed by atoms with Crippen molar-refractivity contribution in [2.24, 2.45) is 0 Å². The van der Waals surface area contributed by atoms with Gasteiger partial charge in [0, 0.05) is 11.3 Å². The van der Waals surface area contributed by atoms with Crippen LogP contribution in [0, 0.1) is 0 Å². The monoisotopic (exact) mass is 321 g/mol. The molecule has 24 heavy (non-hydrogen) atoms. The van der Waals surface area contributed by atoms with Crippen molar-refractivity contribution >= 4 is 17.5 Å². The highest BCUT2D eigenvalue weighted by molar-refractivity contribution is 5.88. The summed E-state index contributed by atoms with van der Waals surface area (Å²) in [5.74, 6) is 0.412. The number of carboxylic acid groups (broad SMARTS) is 1. The van der Waals surface area contributed by atoms with E-state index in [1.54, 1.807) is 31.6 Å². The molecule has 120 valence electrons. The number of nitrogens with one attached hydrogen (secondary N) is 1. The lowest BCUT2D eigenvalue weighted by Crippen LogP contribution is -1.98. The smallest absolute Gasteiger partial charge is 0.335 e. The van der Waals surface area contributed by atoms with E-state index in [-0.39, 0.29) is 5.56 Å². The van der Waals surface area contributed by atoms with Crippen molar-refractivity contribution < 1.29 is 14.6 Å². The second-order valence-corrected chi connectivity index (χ2v) is 5.02. The summed E-state index contributed by atoms with van der Waals surface area (Å²) in [6.07, 6.45) is 3.31. The molecule has 2 aromatic carbocycles. The largest absolute Gasteiger partial charge is 0.497 e. The van der Waals surface area contributed by atoms with Crippen molar-refractivity contribution in [2.45, 2.75) is 0 Å². The van der Waals surface area contributed by atoms with Gasteiger partial charge in [-0.25, -0.2) is 9.78 Å². The molecule has 0 fully saturated rings. The number of carbonyl (C=O) groups is 1. The summed E-state index contributed by atoms with van der Waals surface area (Å²) in [5.41, 5.74) is 2.68. The Morgan fingerprint density at radius 3 is 2.25 bits per heavy atom. The van der Waals surface area contributed by atoms with Crippen molar-refractivity contribution in [3.63, 3.8) is 0 Å². The van der Waals surface area contributed by atoms with Gasteiger partial charge in [0.05, 0.1) is 30.8 Å². The standard InChI is InChI=1S/C18H15N3O3/c1-24-15-8-4-12(5-9-15)16-10-20-17(11-19-16)21-14-6-2-13(3-7-14)18(22)23/h2-11H,1H3,(H,20,21)(H,22,23). The van der Waals surface area contributed by atoms with Crippen LogP contribution in [-0.4, -0.2) is 28.2 Å². The van der Waals surface area contributed by atoms with Crippen molar-refractivity contribution in [1.82, 2.24) is 9.97 Å². The lowest BCUT2D eigenvalue weighted by Gasteiger charge is -2.07. The van der Waals surface area contributed by atoms with E-state index in [1.807, 2.05) is 24.3 Å². The fourth-order valence-corrected chi connectivity index (χ4v) is 2.15. The Balaban J connectivity index is 1.72. The molecule has 3 rings (SSSR count). The Kier molecular flexibility index (Phi) is 4.38. The van der Waals surface area contributed by atoms with Crippen molar-refractivity contribution in [2.75, 3.05) is 12.4 Å². The van der Waals surface area contributed by atoms with Gasteiger partial charge >= 0.3 is 5.97 Å². The second-order valence-electron chi connectivity index (χ2n) is 5.02. The van der Waals surface area contributed by atoms with Gasteiger partial charge in [-0.1, -0.05) is 0 Å². The van der Waals surface area contributed by atoms with Gasteiger partial charge in [-0.2, -0.15) is 0 Å². The maximum Gasteiger partial charge on any atom is 0.335 e. The summed E-state index contributed by atoms with van der Waals surface area (Å²) < 4.78 is 5.13. The first-order chi connectivity index (χ1) is 11.7. The molecule has 0 saturated carbocycles. The number of benzene rings is 2. The number of carboxylic acids is 1. The highest BCUT2D eigenvalue weighted by atomic mass is 16.5. The van der Waals surface area contributed by atoms with Crippen molar-refractivity contribution in [1.29, 1.82) is 0 Å². The van der Waals surface area contributed by atoms with Gasteiger partial charge in [0.2, 0.25) is 0 Å². The van der Waals surface area contributed by atoms with E-state index in [1.165, 1.54) is 12.1 Å². The van der Waals surface area contributed by atoms with Crippen LogP contribution in [0.1, 0.15) is 10.4 Å². The minimum atomic E-state index is -0.954. The van der Waals surface area contributed by atoms with E-state index in [0.29, 0.717) is 5.82 Å². The average Bonchev–Trinajstić information content (AvgIpc) is 2.63. The number of anilines is 2. The maximum absolute atomic E-state index is 10.8. The molecule has 6 heteroatoms. The fourth-order valence-electron chi connectivity index (χ4n) is 2.15. The Hall–Kier alpha value is -3.41. The molecule has 1 aromatic heterocycles. The van der Waals surface area contributed by atoms with Crippen molar-refractivity contribution in [3.8, 4) is 17.0 Å². The highest BCUT2D eigenvalue weighted by Crippen LogP contribution is 2.21. The Bertz CT molecular complexity index is 829. The summed E-state index contributed by atoms with van der Waals surface area (Å²) >= 11 is 0. The van der Waals surface area contributed by atoms with Gasteiger partial charge in [0.15, 0.2) is 0 Å². The Morgan fingerprint density at radius 2 is 1.71 bits per heavy atom. The molecule has 6 nitrogen and oxygen atoms in total. The van der Waals surface area contributed by atoms with Crippen LogP contribution < -0.4 is 10.1 Å². The van der Waals surface area contributed by atoms with Crippen molar-refractivity contribution in [3.05, 3.63) is 66.5 Å². The number of ether oxygens (including phenoxy) is 1. The molecule has 0 saturated heterocycles. The van der Waals surface area contributed by atoms with E-state index in [0.717, 1.165) is 22.7 Å². The molecule has 0 spiro atoms. The maximum atomic E-state index is 10.8. The third-order valence-corrected chi connectivity index (χ3v) is 3.44. The molecule has 0 bridgehead atoms. The van der Waals surface area contributed by atoms with E-state index < -0.39 is 5.97 Å². The topological polar surface area (TPSA) is 84.3 Å². The summed E-state index contributed by atoms with van der Waals surface area (Å²) in [6.45, 7) is 0. The van der Waals surface area contributed by atoms with Gasteiger partial charge in [0.1, 0.15) is 11.6 Å². The van der Waals surface area contributed by atoms with Crippen LogP contribution in [0.5, 0.6) is 5.75 Å². The third-order valence-electron chi connectivity index (χ3n) is 3.44. The molecular weight excluding hydrogens is 306 g/mol. The molecule has 3 aromatic rings. The zero-order valence-corrected chi connectivity index (χ0v) is 12.9. The quantitative estimate of drug-likeness (QED) is 0.747. The zero-order valence-electron chi connectivity index (χ0n) is 12.9. The number of rotatable bonds is 5. The fraction of sp³-hybridized carbons (Fsp3) is 0.0556. The SMILES string of the molecule is COc1ccc(-c2cnc(Nc3ccc(C(=O)O)cc3)cn2)cc1. The van der Waals surface area contributed by atoms with E-state index in [4.69, 9.17) is 9.84 Å². The first kappa shape index (κ1) is 15.5. The van der Waals surface area contributed by atoms with Crippen LogP contribution in [0.15, 0.2) is 60.9 Å². The number of hydrogen-bond donors (Lipinski definition) is 2. The average molecular weight is 321 g/mol. The number of aromatic nitrogens is 2. The summed E-state index contributed by atoms with van der Waals surface area (Å²) in [6, 6.07) is 14.0. The minimum Gasteiger partial charge on any atom is -0.497 e. The molecule has 0 radical (unpaired) electrons. The third kappa shape index (κ3) is 3.49. The van der Waals surface area contributed by atoms with Crippen LogP contribution in [0.2, 0.25) is 0 Å². The Labute approximate surface area is 138 Å². The van der Waals surface area contributed by atoms with Gasteiger partial charge in [-0.05, 0) is 48.5 Å². The van der Waals surface area contributed by atoms with Gasteiger partial charge in [-0.15, -0.1) is 0 Å². The van der Waals surface area contributed by atoms with E-state index >= 15 is 0 Å². The number of nitrogens with zero attached hydrogens (tertiary/aromatic N) is 2. The normalized spacial score (nSPS) is 10.2. The number of aromatic carboxylic acids is 1. The summed E-state index contributed by atoms with van der Waals surface area (Å²) in [5, 5.41) is 12.0. The second kappa shape index (κ2) is 6.78. The van der Waals surface area contributed by atoms with Gasteiger partial charge in [0.25, 0.3) is 0 Å². The molecule has 0 atom stereocenters. The first-order valence-corrected chi connectivity index (χ1v) is 7.22. The van der Waals surface area contributed by atoms with E-state index in [9.17, 15) is 4.79 Å². The van der Waals surface area contributed by atoms with Crippen LogP contribution in [0.25, 0.3) is 11.3 Å². The first-order valence-electron chi connectivity index (χ1n) is 7.22. The lowest BCUT2D eigenvalue weighted by atomic mass is 10.1. The number of hydrogen-bond acceptors (Lipinski definition) is 5. The minimum absolute atomic E-state index is 0.237. The predicted octanol–water partition coefficient (Wildman–Crippen LogP) is 3.59. The molecular formula is C18H15N3O3. The summed E-state index contributed by atoms with van der Waals surface area (Å²) in [4.78, 5) is 19.5.